The van der Waals surface area contributed by atoms with Gasteiger partial charge in [0.15, 0.2) is 0 Å². The maximum absolute atomic E-state index is 12.3. The first-order valence-electron chi connectivity index (χ1n) is 7.71. The van der Waals surface area contributed by atoms with Gasteiger partial charge in [-0.15, -0.1) is 0 Å². The topological polar surface area (TPSA) is 84.0 Å². The van der Waals surface area contributed by atoms with Crippen LogP contribution in [0.15, 0.2) is 18.2 Å². The first-order valence-corrected chi connectivity index (χ1v) is 9.32. The third-order valence-electron chi connectivity index (χ3n) is 3.90. The molecule has 24 heavy (non-hydrogen) atoms. The van der Waals surface area contributed by atoms with Crippen LogP contribution in [-0.2, 0) is 26.1 Å². The molecule has 2 rings (SSSR count). The van der Waals surface area contributed by atoms with Gasteiger partial charge in [0, 0.05) is 31.9 Å². The Bertz CT molecular complexity index is 730. The van der Waals surface area contributed by atoms with Gasteiger partial charge in [0.1, 0.15) is 12.3 Å². The number of aldehydes is 1. The number of esters is 1. The predicted molar refractivity (Wildman–Crippen MR) is 90.5 cm³/mol. The van der Waals surface area contributed by atoms with Crippen molar-refractivity contribution in [2.45, 2.75) is 25.9 Å². The zero-order chi connectivity index (χ0) is 17.9. The average molecular weight is 354 g/mol. The molecular formula is C16H22N2O5S. The van der Waals surface area contributed by atoms with Crippen molar-refractivity contribution in [2.75, 3.05) is 31.4 Å². The van der Waals surface area contributed by atoms with E-state index in [1.807, 2.05) is 25.1 Å². The van der Waals surface area contributed by atoms with E-state index in [0.717, 1.165) is 12.0 Å². The number of ether oxygens (including phenoxy) is 1. The van der Waals surface area contributed by atoms with Crippen LogP contribution in [0, 0.1) is 0 Å². The molecule has 1 aromatic rings. The lowest BCUT2D eigenvalue weighted by molar-refractivity contribution is -0.147. The van der Waals surface area contributed by atoms with Crippen LogP contribution in [0.4, 0.5) is 5.69 Å². The van der Waals surface area contributed by atoms with Gasteiger partial charge in [-0.3, -0.25) is 9.59 Å². The molecule has 0 N–H and O–H groups in total. The molecule has 0 aliphatic carbocycles. The Labute approximate surface area is 142 Å². The number of sulfonamides is 1. The number of benzene rings is 1. The number of hydrogen-bond donors (Lipinski definition) is 0. The highest BCUT2D eigenvalue weighted by atomic mass is 32.2. The molecule has 1 atom stereocenters. The third kappa shape index (κ3) is 3.93. The number of hydrogen-bond acceptors (Lipinski definition) is 6. The SMILES string of the molecule is CCOC(=O)C1CCS(=O)(=O)N1Cc1cc(C=O)cc(N(C)C)c1. The van der Waals surface area contributed by atoms with Crippen LogP contribution in [-0.4, -0.2) is 57.5 Å². The highest BCUT2D eigenvalue weighted by molar-refractivity contribution is 7.89. The molecule has 1 aliphatic heterocycles. The van der Waals surface area contributed by atoms with Crippen molar-refractivity contribution in [3.05, 3.63) is 29.3 Å². The standard InChI is InChI=1S/C16H22N2O5S/c1-4-23-16(20)15-5-6-24(21,22)18(15)10-12-7-13(11-19)9-14(8-12)17(2)3/h7-9,11,15H,4-6,10H2,1-3H3. The molecule has 7 nitrogen and oxygen atoms in total. The molecule has 1 saturated heterocycles. The van der Waals surface area contributed by atoms with E-state index in [4.69, 9.17) is 4.74 Å². The molecule has 132 valence electrons. The summed E-state index contributed by atoms with van der Waals surface area (Å²) in [4.78, 5) is 25.0. The number of rotatable bonds is 6. The number of carbonyl (C=O) groups is 2. The fourth-order valence-electron chi connectivity index (χ4n) is 2.70. The van der Waals surface area contributed by atoms with Gasteiger partial charge in [0.05, 0.1) is 12.4 Å². The molecule has 0 aromatic heterocycles. The molecule has 8 heteroatoms. The summed E-state index contributed by atoms with van der Waals surface area (Å²) < 4.78 is 30.8. The molecule has 0 bridgehead atoms. The van der Waals surface area contributed by atoms with Crippen molar-refractivity contribution in [3.8, 4) is 0 Å². The summed E-state index contributed by atoms with van der Waals surface area (Å²) in [6, 6.07) is 4.36. The van der Waals surface area contributed by atoms with Gasteiger partial charge in [0.25, 0.3) is 0 Å². The van der Waals surface area contributed by atoms with E-state index >= 15 is 0 Å². The molecule has 0 radical (unpaired) electrons. The van der Waals surface area contributed by atoms with E-state index in [2.05, 4.69) is 0 Å². The Kier molecular flexibility index (Phi) is 5.61. The van der Waals surface area contributed by atoms with Crippen molar-refractivity contribution in [3.63, 3.8) is 0 Å². The molecular weight excluding hydrogens is 332 g/mol. The van der Waals surface area contributed by atoms with Gasteiger partial charge >= 0.3 is 5.97 Å². The normalized spacial score (nSPS) is 19.9. The highest BCUT2D eigenvalue weighted by Crippen LogP contribution is 2.26. The Hall–Kier alpha value is -1.93. The Morgan fingerprint density at radius 3 is 2.67 bits per heavy atom. The summed E-state index contributed by atoms with van der Waals surface area (Å²) >= 11 is 0. The lowest BCUT2D eigenvalue weighted by Crippen LogP contribution is -2.39. The molecule has 1 unspecified atom stereocenters. The predicted octanol–water partition coefficient (Wildman–Crippen LogP) is 1.03. The van der Waals surface area contributed by atoms with Crippen LogP contribution in [0.1, 0.15) is 29.3 Å². The van der Waals surface area contributed by atoms with E-state index in [1.165, 1.54) is 4.31 Å². The van der Waals surface area contributed by atoms with Gasteiger partial charge in [0.2, 0.25) is 10.0 Å². The average Bonchev–Trinajstić information content (AvgIpc) is 2.82. The lowest BCUT2D eigenvalue weighted by atomic mass is 10.1. The van der Waals surface area contributed by atoms with E-state index in [9.17, 15) is 18.0 Å². The van der Waals surface area contributed by atoms with Crippen LogP contribution >= 0.6 is 0 Å². The monoisotopic (exact) mass is 354 g/mol. The lowest BCUT2D eigenvalue weighted by Gasteiger charge is -2.22. The van der Waals surface area contributed by atoms with E-state index in [1.54, 1.807) is 19.1 Å². The first-order chi connectivity index (χ1) is 11.3. The first kappa shape index (κ1) is 18.4. The van der Waals surface area contributed by atoms with E-state index in [0.29, 0.717) is 11.1 Å². The number of nitrogens with zero attached hydrogens (tertiary/aromatic N) is 2. The van der Waals surface area contributed by atoms with Crippen molar-refractivity contribution < 1.29 is 22.7 Å². The molecule has 1 aliphatic rings. The minimum Gasteiger partial charge on any atom is -0.465 e. The van der Waals surface area contributed by atoms with Gasteiger partial charge in [-0.05, 0) is 37.1 Å². The summed E-state index contributed by atoms with van der Waals surface area (Å²) in [5.41, 5.74) is 1.91. The fourth-order valence-corrected chi connectivity index (χ4v) is 4.38. The maximum Gasteiger partial charge on any atom is 0.324 e. The number of carbonyl (C=O) groups excluding carboxylic acids is 2. The fraction of sp³-hybridized carbons (Fsp3) is 0.500. The van der Waals surface area contributed by atoms with E-state index < -0.39 is 22.0 Å². The smallest absolute Gasteiger partial charge is 0.324 e. The zero-order valence-corrected chi connectivity index (χ0v) is 14.9. The largest absolute Gasteiger partial charge is 0.465 e. The second kappa shape index (κ2) is 7.31. The van der Waals surface area contributed by atoms with Gasteiger partial charge in [-0.2, -0.15) is 4.31 Å². The summed E-state index contributed by atoms with van der Waals surface area (Å²) in [6.45, 7) is 1.92. The van der Waals surface area contributed by atoms with Crippen LogP contribution in [0.5, 0.6) is 0 Å². The van der Waals surface area contributed by atoms with Crippen molar-refractivity contribution in [2.24, 2.45) is 0 Å². The Balaban J connectivity index is 2.34. The molecule has 1 aromatic carbocycles. The third-order valence-corrected chi connectivity index (χ3v) is 5.75. The Morgan fingerprint density at radius 1 is 1.38 bits per heavy atom. The van der Waals surface area contributed by atoms with Crippen molar-refractivity contribution >= 4 is 28.0 Å². The minimum absolute atomic E-state index is 0.0360. The quantitative estimate of drug-likeness (QED) is 0.560. The summed E-state index contributed by atoms with van der Waals surface area (Å²) in [5.74, 6) is -0.609. The highest BCUT2D eigenvalue weighted by Gasteiger charge is 2.42. The number of anilines is 1. The van der Waals surface area contributed by atoms with Crippen LogP contribution < -0.4 is 4.90 Å². The molecule has 1 fully saturated rings. The summed E-state index contributed by atoms with van der Waals surface area (Å²) in [6.07, 6.45) is 0.937. The second-order valence-electron chi connectivity index (χ2n) is 5.86. The molecule has 1 heterocycles. The summed E-state index contributed by atoms with van der Waals surface area (Å²) in [7, 11) is 0.150. The Morgan fingerprint density at radius 2 is 2.08 bits per heavy atom. The minimum atomic E-state index is -3.52. The maximum atomic E-state index is 12.3. The van der Waals surface area contributed by atoms with Crippen LogP contribution in [0.25, 0.3) is 0 Å². The van der Waals surface area contributed by atoms with Crippen LogP contribution in [0.3, 0.4) is 0 Å². The second-order valence-corrected chi connectivity index (χ2v) is 7.90. The summed E-state index contributed by atoms with van der Waals surface area (Å²) in [5, 5.41) is 0. The van der Waals surface area contributed by atoms with Crippen molar-refractivity contribution in [1.29, 1.82) is 0 Å². The van der Waals surface area contributed by atoms with Gasteiger partial charge in [-0.25, -0.2) is 8.42 Å². The molecule has 0 spiro atoms. The van der Waals surface area contributed by atoms with Crippen LogP contribution in [0.2, 0.25) is 0 Å². The van der Waals surface area contributed by atoms with Gasteiger partial charge < -0.3 is 9.64 Å². The molecule has 0 amide bonds. The molecule has 0 saturated carbocycles. The zero-order valence-electron chi connectivity index (χ0n) is 14.1. The van der Waals surface area contributed by atoms with E-state index in [-0.39, 0.29) is 25.3 Å². The van der Waals surface area contributed by atoms with Gasteiger partial charge in [-0.1, -0.05) is 0 Å². The van der Waals surface area contributed by atoms with Crippen molar-refractivity contribution in [1.82, 2.24) is 4.31 Å².